The second kappa shape index (κ2) is 9.04. The molecule has 120 valence electrons. The lowest BCUT2D eigenvalue weighted by molar-refractivity contribution is -0.0753. The van der Waals surface area contributed by atoms with Crippen molar-refractivity contribution in [1.82, 2.24) is 5.32 Å². The van der Waals surface area contributed by atoms with Crippen molar-refractivity contribution in [3.05, 3.63) is 0 Å². The summed E-state index contributed by atoms with van der Waals surface area (Å²) in [5.74, 6) is 1.67. The number of hydrogen-bond acceptors (Lipinski definition) is 2. The highest BCUT2D eigenvalue weighted by molar-refractivity contribution is 4.98. The first-order valence-electron chi connectivity index (χ1n) is 8.97. The molecule has 2 heteroatoms. The van der Waals surface area contributed by atoms with Crippen LogP contribution in [0.2, 0.25) is 0 Å². The number of ether oxygens (including phenoxy) is 1. The van der Waals surface area contributed by atoms with Crippen LogP contribution in [0.25, 0.3) is 0 Å². The average molecular weight is 283 g/mol. The van der Waals surface area contributed by atoms with Gasteiger partial charge in [0.25, 0.3) is 0 Å². The average Bonchev–Trinajstić information content (AvgIpc) is 2.52. The summed E-state index contributed by atoms with van der Waals surface area (Å²) in [7, 11) is 1.91. The van der Waals surface area contributed by atoms with E-state index >= 15 is 0 Å². The molecule has 0 aliphatic heterocycles. The van der Waals surface area contributed by atoms with Crippen LogP contribution in [0.1, 0.15) is 79.1 Å². The molecule has 0 saturated heterocycles. The van der Waals surface area contributed by atoms with E-state index in [9.17, 15) is 0 Å². The minimum absolute atomic E-state index is 0.0184. The van der Waals surface area contributed by atoms with Crippen LogP contribution in [0.5, 0.6) is 0 Å². The first-order valence-corrected chi connectivity index (χ1v) is 8.97. The van der Waals surface area contributed by atoms with E-state index in [4.69, 9.17) is 4.74 Å². The lowest BCUT2D eigenvalue weighted by atomic mass is 9.68. The predicted molar refractivity (Wildman–Crippen MR) is 88.1 cm³/mol. The Balaban J connectivity index is 2.96. The van der Waals surface area contributed by atoms with E-state index in [0.29, 0.717) is 6.04 Å². The SMILES string of the molecule is CCCNC(C1CCCCC1CC)C(CC)(CC)OC. The van der Waals surface area contributed by atoms with Gasteiger partial charge in [0, 0.05) is 13.2 Å². The maximum Gasteiger partial charge on any atom is 0.0828 e. The summed E-state index contributed by atoms with van der Waals surface area (Å²) in [5.41, 5.74) is 0.0184. The molecule has 20 heavy (non-hydrogen) atoms. The zero-order chi connectivity index (χ0) is 15.0. The van der Waals surface area contributed by atoms with Gasteiger partial charge in [-0.25, -0.2) is 0 Å². The number of methoxy groups -OCH3 is 1. The zero-order valence-corrected chi connectivity index (χ0v) is 14.5. The molecular weight excluding hydrogens is 246 g/mol. The van der Waals surface area contributed by atoms with Gasteiger partial charge in [0.1, 0.15) is 0 Å². The van der Waals surface area contributed by atoms with E-state index in [-0.39, 0.29) is 5.60 Å². The maximum atomic E-state index is 6.08. The third-order valence-corrected chi connectivity index (χ3v) is 5.70. The fourth-order valence-corrected chi connectivity index (χ4v) is 4.31. The van der Waals surface area contributed by atoms with Crippen molar-refractivity contribution in [2.75, 3.05) is 13.7 Å². The van der Waals surface area contributed by atoms with Crippen molar-refractivity contribution in [2.45, 2.75) is 90.7 Å². The summed E-state index contributed by atoms with van der Waals surface area (Å²) in [4.78, 5) is 0. The lowest BCUT2D eigenvalue weighted by Crippen LogP contribution is -2.57. The van der Waals surface area contributed by atoms with Gasteiger partial charge in [0.2, 0.25) is 0 Å². The van der Waals surface area contributed by atoms with Crippen LogP contribution in [0, 0.1) is 11.8 Å². The highest BCUT2D eigenvalue weighted by Crippen LogP contribution is 2.40. The maximum absolute atomic E-state index is 6.08. The molecule has 2 nitrogen and oxygen atoms in total. The van der Waals surface area contributed by atoms with Crippen LogP contribution in [-0.2, 0) is 4.74 Å². The molecule has 3 unspecified atom stereocenters. The molecule has 0 radical (unpaired) electrons. The molecule has 0 heterocycles. The van der Waals surface area contributed by atoms with E-state index in [1.165, 1.54) is 38.5 Å². The molecule has 0 spiro atoms. The van der Waals surface area contributed by atoms with Gasteiger partial charge < -0.3 is 10.1 Å². The van der Waals surface area contributed by atoms with E-state index < -0.39 is 0 Å². The first kappa shape index (κ1) is 18.0. The predicted octanol–water partition coefficient (Wildman–Crippen LogP) is 4.78. The lowest BCUT2D eigenvalue weighted by Gasteiger charge is -2.47. The Labute approximate surface area is 127 Å². The Hall–Kier alpha value is -0.0800. The number of hydrogen-bond donors (Lipinski definition) is 1. The number of nitrogens with one attached hydrogen (secondary N) is 1. The van der Waals surface area contributed by atoms with Crippen LogP contribution >= 0.6 is 0 Å². The molecule has 1 saturated carbocycles. The molecule has 0 amide bonds. The third kappa shape index (κ3) is 3.98. The van der Waals surface area contributed by atoms with Gasteiger partial charge >= 0.3 is 0 Å². The molecule has 1 aliphatic carbocycles. The van der Waals surface area contributed by atoms with Gasteiger partial charge in [0.15, 0.2) is 0 Å². The minimum Gasteiger partial charge on any atom is -0.377 e. The van der Waals surface area contributed by atoms with Crippen molar-refractivity contribution in [2.24, 2.45) is 11.8 Å². The molecule has 0 aromatic heterocycles. The highest BCUT2D eigenvalue weighted by Gasteiger charge is 2.43. The quantitative estimate of drug-likeness (QED) is 0.658. The third-order valence-electron chi connectivity index (χ3n) is 5.70. The Bertz CT molecular complexity index is 242. The van der Waals surface area contributed by atoms with Crippen molar-refractivity contribution in [3.63, 3.8) is 0 Å². The van der Waals surface area contributed by atoms with Crippen LogP contribution in [0.3, 0.4) is 0 Å². The molecule has 1 fully saturated rings. The Morgan fingerprint density at radius 3 is 2.25 bits per heavy atom. The highest BCUT2D eigenvalue weighted by atomic mass is 16.5. The van der Waals surface area contributed by atoms with Gasteiger partial charge in [-0.1, -0.05) is 53.4 Å². The van der Waals surface area contributed by atoms with Crippen molar-refractivity contribution in [3.8, 4) is 0 Å². The Morgan fingerprint density at radius 1 is 1.10 bits per heavy atom. The van der Waals surface area contributed by atoms with Crippen molar-refractivity contribution >= 4 is 0 Å². The van der Waals surface area contributed by atoms with E-state index in [0.717, 1.165) is 31.2 Å². The van der Waals surface area contributed by atoms with Crippen LogP contribution in [0.4, 0.5) is 0 Å². The van der Waals surface area contributed by atoms with Crippen LogP contribution in [0.15, 0.2) is 0 Å². The first-order chi connectivity index (χ1) is 9.68. The Kier molecular flexibility index (Phi) is 8.13. The fourth-order valence-electron chi connectivity index (χ4n) is 4.31. The fraction of sp³-hybridized carbons (Fsp3) is 1.00. The van der Waals surface area contributed by atoms with Crippen LogP contribution < -0.4 is 5.32 Å². The monoisotopic (exact) mass is 283 g/mol. The topological polar surface area (TPSA) is 21.3 Å². The van der Waals surface area contributed by atoms with E-state index in [1.807, 2.05) is 7.11 Å². The van der Waals surface area contributed by atoms with Gasteiger partial charge in [-0.2, -0.15) is 0 Å². The minimum atomic E-state index is 0.0184. The molecular formula is C18H37NO. The summed E-state index contributed by atoms with van der Waals surface area (Å²) in [6.07, 6.45) is 10.4. The molecule has 1 N–H and O–H groups in total. The molecule has 0 bridgehead atoms. The van der Waals surface area contributed by atoms with E-state index in [1.54, 1.807) is 0 Å². The summed E-state index contributed by atoms with van der Waals surface area (Å²) >= 11 is 0. The summed E-state index contributed by atoms with van der Waals surface area (Å²) < 4.78 is 6.08. The molecule has 0 aromatic rings. The second-order valence-electron chi connectivity index (χ2n) is 6.52. The summed E-state index contributed by atoms with van der Waals surface area (Å²) in [5, 5.41) is 3.87. The van der Waals surface area contributed by atoms with Gasteiger partial charge in [-0.15, -0.1) is 0 Å². The second-order valence-corrected chi connectivity index (χ2v) is 6.52. The summed E-state index contributed by atoms with van der Waals surface area (Å²) in [6.45, 7) is 10.3. The molecule has 0 aromatic carbocycles. The van der Waals surface area contributed by atoms with E-state index in [2.05, 4.69) is 33.0 Å². The zero-order valence-electron chi connectivity index (χ0n) is 14.5. The normalized spacial score (nSPS) is 25.6. The Morgan fingerprint density at radius 2 is 1.75 bits per heavy atom. The largest absolute Gasteiger partial charge is 0.377 e. The van der Waals surface area contributed by atoms with Gasteiger partial charge in [-0.05, 0) is 44.1 Å². The summed E-state index contributed by atoms with van der Waals surface area (Å²) in [6, 6.07) is 0.521. The van der Waals surface area contributed by atoms with Gasteiger partial charge in [-0.3, -0.25) is 0 Å². The van der Waals surface area contributed by atoms with Crippen molar-refractivity contribution < 1.29 is 4.74 Å². The molecule has 3 atom stereocenters. The van der Waals surface area contributed by atoms with Crippen molar-refractivity contribution in [1.29, 1.82) is 0 Å². The number of rotatable bonds is 9. The standard InChI is InChI=1S/C18H37NO/c1-6-14-19-17(18(8-3,9-4)20-5)16-13-11-10-12-15(16)7-2/h15-17,19H,6-14H2,1-5H3. The molecule has 1 aliphatic rings. The van der Waals surface area contributed by atoms with Gasteiger partial charge in [0.05, 0.1) is 5.60 Å². The van der Waals surface area contributed by atoms with Crippen LogP contribution in [-0.4, -0.2) is 25.3 Å². The molecule has 1 rings (SSSR count). The smallest absolute Gasteiger partial charge is 0.0828 e.